The number of rotatable bonds is 5. The van der Waals surface area contributed by atoms with Crippen molar-refractivity contribution in [2.24, 2.45) is 0 Å². The minimum absolute atomic E-state index is 0.0272. The number of hydrogen-bond acceptors (Lipinski definition) is 5. The predicted molar refractivity (Wildman–Crippen MR) is 144 cm³/mol. The first kappa shape index (κ1) is 22.0. The normalized spacial score (nSPS) is 18.0. The van der Waals surface area contributed by atoms with Crippen LogP contribution < -0.4 is 4.90 Å². The minimum Gasteiger partial charge on any atom is -0.335 e. The van der Waals surface area contributed by atoms with Crippen LogP contribution in [0.15, 0.2) is 106 Å². The zero-order valence-corrected chi connectivity index (χ0v) is 20.6. The molecular formula is C27H22N2OS3. The third kappa shape index (κ3) is 4.51. The molecule has 0 N–H and O–H groups in total. The summed E-state index contributed by atoms with van der Waals surface area (Å²) in [6.07, 6.45) is 3.96. The Kier molecular flexibility index (Phi) is 6.40. The van der Waals surface area contributed by atoms with E-state index in [1.807, 2.05) is 48.6 Å². The lowest BCUT2D eigenvalue weighted by Crippen LogP contribution is -2.27. The van der Waals surface area contributed by atoms with Gasteiger partial charge in [0.05, 0.1) is 22.2 Å². The fourth-order valence-corrected chi connectivity index (χ4v) is 6.23. The Labute approximate surface area is 208 Å². The van der Waals surface area contributed by atoms with Crippen molar-refractivity contribution in [2.75, 3.05) is 11.4 Å². The summed E-state index contributed by atoms with van der Waals surface area (Å²) in [6.45, 7) is 3.51. The van der Waals surface area contributed by atoms with Crippen LogP contribution in [0.2, 0.25) is 0 Å². The number of nitrogens with zero attached hydrogens (tertiary/aromatic N) is 2. The molecule has 3 aromatic rings. The van der Waals surface area contributed by atoms with Crippen molar-refractivity contribution in [1.29, 1.82) is 0 Å². The summed E-state index contributed by atoms with van der Waals surface area (Å²) in [5.41, 5.74) is 4.69. The van der Waals surface area contributed by atoms with Gasteiger partial charge in [-0.1, -0.05) is 102 Å². The van der Waals surface area contributed by atoms with Crippen molar-refractivity contribution in [1.82, 2.24) is 4.90 Å². The quantitative estimate of drug-likeness (QED) is 0.283. The molecule has 0 bridgehead atoms. The monoisotopic (exact) mass is 486 g/mol. The first-order valence-corrected chi connectivity index (χ1v) is 12.8. The molecular weight excluding hydrogens is 465 g/mol. The lowest BCUT2D eigenvalue weighted by Gasteiger charge is -2.18. The topological polar surface area (TPSA) is 23.6 Å². The first-order valence-electron chi connectivity index (χ1n) is 10.8. The lowest BCUT2D eigenvalue weighted by atomic mass is 10.0. The zero-order chi connectivity index (χ0) is 22.8. The maximum atomic E-state index is 13.0. The van der Waals surface area contributed by atoms with Crippen LogP contribution in [0, 0.1) is 0 Å². The van der Waals surface area contributed by atoms with Gasteiger partial charge >= 0.3 is 0 Å². The maximum absolute atomic E-state index is 13.0. The molecule has 1 amide bonds. The smallest absolute Gasteiger partial charge is 0.266 e. The number of thioether (sulfide) groups is 2. The number of amides is 1. The molecule has 2 heterocycles. The van der Waals surface area contributed by atoms with E-state index in [1.54, 1.807) is 16.7 Å². The molecule has 0 aromatic heterocycles. The molecule has 0 aliphatic carbocycles. The Morgan fingerprint density at radius 2 is 1.58 bits per heavy atom. The molecule has 0 atom stereocenters. The van der Waals surface area contributed by atoms with Crippen LogP contribution in [0.3, 0.4) is 0 Å². The maximum Gasteiger partial charge on any atom is 0.266 e. The van der Waals surface area contributed by atoms with E-state index in [-0.39, 0.29) is 5.91 Å². The zero-order valence-electron chi connectivity index (χ0n) is 18.1. The number of fused-ring (bicyclic) bond motifs is 1. The van der Waals surface area contributed by atoms with Gasteiger partial charge in [-0.05, 0) is 47.9 Å². The average molecular weight is 487 g/mol. The fourth-order valence-electron chi connectivity index (χ4n) is 3.92. The summed E-state index contributed by atoms with van der Waals surface area (Å²) in [7, 11) is 0. The van der Waals surface area contributed by atoms with Gasteiger partial charge in [-0.15, -0.1) is 0 Å². The van der Waals surface area contributed by atoms with Crippen LogP contribution in [0.25, 0.3) is 11.1 Å². The second-order valence-electron chi connectivity index (χ2n) is 7.68. The van der Waals surface area contributed by atoms with E-state index in [9.17, 15) is 4.79 Å². The molecule has 5 rings (SSSR count). The molecule has 164 valence electrons. The van der Waals surface area contributed by atoms with E-state index in [1.165, 1.54) is 33.5 Å². The first-order chi connectivity index (χ1) is 16.1. The lowest BCUT2D eigenvalue weighted by molar-refractivity contribution is -0.122. The van der Waals surface area contributed by atoms with E-state index in [2.05, 4.69) is 54.3 Å². The molecule has 2 aliphatic rings. The van der Waals surface area contributed by atoms with Crippen molar-refractivity contribution in [3.63, 3.8) is 0 Å². The summed E-state index contributed by atoms with van der Waals surface area (Å²) in [4.78, 5) is 18.9. The number of allylic oxidation sites excluding steroid dienone is 2. The van der Waals surface area contributed by atoms with E-state index in [0.29, 0.717) is 15.8 Å². The van der Waals surface area contributed by atoms with Crippen LogP contribution in [0.5, 0.6) is 0 Å². The van der Waals surface area contributed by atoms with Crippen LogP contribution >= 0.6 is 35.7 Å². The molecule has 1 saturated heterocycles. The van der Waals surface area contributed by atoms with Gasteiger partial charge in [-0.2, -0.15) is 0 Å². The van der Waals surface area contributed by atoms with Crippen LogP contribution in [0.1, 0.15) is 12.5 Å². The summed E-state index contributed by atoms with van der Waals surface area (Å²) < 4.78 is 0.607. The highest BCUT2D eigenvalue weighted by molar-refractivity contribution is 8.26. The van der Waals surface area contributed by atoms with Crippen LogP contribution in [0.4, 0.5) is 5.69 Å². The van der Waals surface area contributed by atoms with Crippen molar-refractivity contribution < 1.29 is 4.79 Å². The molecule has 0 unspecified atom stereocenters. The Morgan fingerprint density at radius 1 is 0.848 bits per heavy atom. The van der Waals surface area contributed by atoms with E-state index < -0.39 is 0 Å². The summed E-state index contributed by atoms with van der Waals surface area (Å²) in [5.74, 6) is -0.0272. The van der Waals surface area contributed by atoms with Gasteiger partial charge in [0, 0.05) is 11.4 Å². The Morgan fingerprint density at radius 3 is 2.30 bits per heavy atom. The summed E-state index contributed by atoms with van der Waals surface area (Å²) >= 11 is 8.61. The second kappa shape index (κ2) is 9.59. The summed E-state index contributed by atoms with van der Waals surface area (Å²) in [5, 5.41) is 1.12. The molecule has 0 saturated carbocycles. The Hall–Kier alpha value is -2.80. The number of carbonyl (C=O) groups excluding carboxylic acids is 1. The third-order valence-corrected chi connectivity index (χ3v) is 8.11. The fraction of sp³-hybridized carbons (Fsp3) is 0.111. The molecule has 1 fully saturated rings. The van der Waals surface area contributed by atoms with Crippen molar-refractivity contribution in [3.8, 4) is 11.1 Å². The molecule has 2 aliphatic heterocycles. The van der Waals surface area contributed by atoms with Crippen LogP contribution in [-0.4, -0.2) is 21.7 Å². The summed E-state index contributed by atoms with van der Waals surface area (Å²) in [6, 6.07) is 27.0. The Bertz CT molecular complexity index is 1270. The molecule has 3 aromatic carbocycles. The predicted octanol–water partition coefficient (Wildman–Crippen LogP) is 7.07. The van der Waals surface area contributed by atoms with Gasteiger partial charge in [0.1, 0.15) is 4.32 Å². The number of anilines is 1. The third-order valence-electron chi connectivity index (χ3n) is 5.59. The number of thiocarbonyl (C=S) groups is 1. The van der Waals surface area contributed by atoms with Gasteiger partial charge in [0.2, 0.25) is 0 Å². The van der Waals surface area contributed by atoms with E-state index in [4.69, 9.17) is 12.2 Å². The van der Waals surface area contributed by atoms with Gasteiger partial charge in [-0.3, -0.25) is 9.69 Å². The highest BCUT2D eigenvalue weighted by Crippen LogP contribution is 2.47. The highest BCUT2D eigenvalue weighted by Gasteiger charge is 2.32. The largest absolute Gasteiger partial charge is 0.335 e. The van der Waals surface area contributed by atoms with E-state index >= 15 is 0 Å². The van der Waals surface area contributed by atoms with Gasteiger partial charge in [0.25, 0.3) is 5.91 Å². The standard InChI is InChI=1S/C27H22N2OS3/c1-2-28-22-17-21(20-11-7-4-8-12-20)13-14-23(22)32-25(28)16-15-24-26(30)29(27(31)33-24)18-19-9-5-3-6-10-19/h3-17H,2,18H2,1H3. The molecule has 0 radical (unpaired) electrons. The van der Waals surface area contributed by atoms with Gasteiger partial charge in [0.15, 0.2) is 0 Å². The molecule has 6 heteroatoms. The van der Waals surface area contributed by atoms with Crippen molar-refractivity contribution in [3.05, 3.63) is 107 Å². The average Bonchev–Trinajstić information content (AvgIpc) is 3.34. The highest BCUT2D eigenvalue weighted by atomic mass is 32.2. The minimum atomic E-state index is -0.0272. The number of hydrogen-bond donors (Lipinski definition) is 0. The number of carbonyl (C=O) groups is 1. The molecule has 3 nitrogen and oxygen atoms in total. The number of benzene rings is 3. The van der Waals surface area contributed by atoms with Gasteiger partial charge in [-0.25, -0.2) is 0 Å². The van der Waals surface area contributed by atoms with Crippen LogP contribution in [-0.2, 0) is 11.3 Å². The van der Waals surface area contributed by atoms with Crippen molar-refractivity contribution in [2.45, 2.75) is 18.4 Å². The molecule has 33 heavy (non-hydrogen) atoms. The van der Waals surface area contributed by atoms with Gasteiger partial charge < -0.3 is 4.90 Å². The molecule has 0 spiro atoms. The van der Waals surface area contributed by atoms with E-state index in [0.717, 1.165) is 17.1 Å². The Balaban J connectivity index is 1.37. The second-order valence-corrected chi connectivity index (χ2v) is 10.4. The van der Waals surface area contributed by atoms with Crippen molar-refractivity contribution >= 4 is 51.7 Å². The SMILES string of the molecule is CCN1C(=CC=C2SC(=S)N(Cc3ccccc3)C2=O)Sc2ccc(-c3ccccc3)cc21.